The molecule has 0 aliphatic heterocycles. The van der Waals surface area contributed by atoms with E-state index in [9.17, 15) is 22.4 Å². The monoisotopic (exact) mass is 366 g/mol. The Kier molecular flexibility index (Phi) is 5.26. The summed E-state index contributed by atoms with van der Waals surface area (Å²) in [5.41, 5.74) is -2.95. The molecule has 2 aromatic rings. The molecule has 1 amide bonds. The molecule has 1 heterocycles. The minimum Gasteiger partial charge on any atom is -0.292 e. The molecule has 0 saturated heterocycles. The maximum atomic E-state index is 12.8. The lowest BCUT2D eigenvalue weighted by Gasteiger charge is -2.09. The van der Waals surface area contributed by atoms with Gasteiger partial charge in [-0.05, 0) is 24.6 Å². The number of carbonyl (C=O) groups excluding carboxylic acids is 1. The first-order valence-electron chi connectivity index (χ1n) is 6.48. The standard InChI is InChI=1S/C14H11ClF4N2OS/c1-2-10-7-21(13(23-10)20-12(22)11(15)16)9-5-3-4-8(6-9)14(17,18)19/h3-7,11H,2H2,1H3. The van der Waals surface area contributed by atoms with E-state index in [1.54, 1.807) is 6.20 Å². The number of halogens is 5. The molecule has 0 aliphatic carbocycles. The lowest BCUT2D eigenvalue weighted by Crippen LogP contribution is -2.18. The zero-order valence-corrected chi connectivity index (χ0v) is 13.3. The van der Waals surface area contributed by atoms with Crippen LogP contribution in [-0.2, 0) is 17.4 Å². The van der Waals surface area contributed by atoms with Crippen LogP contribution in [-0.4, -0.2) is 16.1 Å². The third-order valence-electron chi connectivity index (χ3n) is 2.89. The highest BCUT2D eigenvalue weighted by Crippen LogP contribution is 2.30. The Hall–Kier alpha value is -1.67. The number of carbonyl (C=O) groups is 1. The van der Waals surface area contributed by atoms with Crippen molar-refractivity contribution >= 4 is 28.8 Å². The van der Waals surface area contributed by atoms with Crippen molar-refractivity contribution in [3.05, 3.63) is 45.7 Å². The van der Waals surface area contributed by atoms with Gasteiger partial charge in [-0.3, -0.25) is 9.36 Å². The quantitative estimate of drug-likeness (QED) is 0.595. The number of hydrogen-bond acceptors (Lipinski definition) is 2. The van der Waals surface area contributed by atoms with Crippen molar-refractivity contribution in [2.24, 2.45) is 4.99 Å². The van der Waals surface area contributed by atoms with E-state index in [-0.39, 0.29) is 10.5 Å². The Bertz CT molecular complexity index is 780. The normalized spacial score (nSPS) is 14.1. The number of amides is 1. The van der Waals surface area contributed by atoms with E-state index in [0.717, 1.165) is 28.3 Å². The molecule has 0 bridgehead atoms. The summed E-state index contributed by atoms with van der Waals surface area (Å²) in [6.07, 6.45) is -2.34. The van der Waals surface area contributed by atoms with E-state index in [0.29, 0.717) is 6.42 Å². The smallest absolute Gasteiger partial charge is 0.292 e. The largest absolute Gasteiger partial charge is 0.416 e. The van der Waals surface area contributed by atoms with Crippen molar-refractivity contribution < 1.29 is 22.4 Å². The summed E-state index contributed by atoms with van der Waals surface area (Å²) < 4.78 is 52.6. The minimum absolute atomic E-state index is 0.0643. The lowest BCUT2D eigenvalue weighted by molar-refractivity contribution is -0.137. The molecule has 3 nitrogen and oxygen atoms in total. The summed E-state index contributed by atoms with van der Waals surface area (Å²) in [5.74, 6) is -1.20. The van der Waals surface area contributed by atoms with Gasteiger partial charge < -0.3 is 0 Å². The van der Waals surface area contributed by atoms with E-state index < -0.39 is 23.3 Å². The second-order valence-electron chi connectivity index (χ2n) is 4.50. The third kappa shape index (κ3) is 4.20. The first-order valence-corrected chi connectivity index (χ1v) is 7.73. The van der Waals surface area contributed by atoms with Crippen LogP contribution in [0.2, 0.25) is 0 Å². The maximum absolute atomic E-state index is 12.8. The van der Waals surface area contributed by atoms with Gasteiger partial charge in [0.25, 0.3) is 11.5 Å². The van der Waals surface area contributed by atoms with Crippen LogP contribution in [0.25, 0.3) is 5.69 Å². The topological polar surface area (TPSA) is 34.4 Å². The number of aromatic nitrogens is 1. The van der Waals surface area contributed by atoms with Crippen LogP contribution < -0.4 is 4.80 Å². The highest BCUT2D eigenvalue weighted by atomic mass is 35.5. The molecule has 1 aromatic heterocycles. The van der Waals surface area contributed by atoms with Crippen molar-refractivity contribution in [2.75, 3.05) is 0 Å². The molecule has 0 N–H and O–H groups in total. The van der Waals surface area contributed by atoms with Crippen LogP contribution in [0.15, 0.2) is 35.5 Å². The SMILES string of the molecule is CCc1cn(-c2cccc(C(F)(F)F)c2)c(=NC(=O)C(F)Cl)s1. The molecule has 0 spiro atoms. The average molecular weight is 367 g/mol. The molecular weight excluding hydrogens is 356 g/mol. The third-order valence-corrected chi connectivity index (χ3v) is 4.21. The Morgan fingerprint density at radius 2 is 2.13 bits per heavy atom. The Morgan fingerprint density at radius 1 is 1.43 bits per heavy atom. The van der Waals surface area contributed by atoms with Gasteiger partial charge in [0.1, 0.15) is 0 Å². The predicted molar refractivity (Wildman–Crippen MR) is 79.3 cm³/mol. The van der Waals surface area contributed by atoms with Crippen LogP contribution in [0.3, 0.4) is 0 Å². The fourth-order valence-electron chi connectivity index (χ4n) is 1.79. The Morgan fingerprint density at radius 3 is 2.70 bits per heavy atom. The summed E-state index contributed by atoms with van der Waals surface area (Å²) in [7, 11) is 0. The summed E-state index contributed by atoms with van der Waals surface area (Å²) in [4.78, 5) is 15.8. The molecule has 0 aliphatic rings. The number of aryl methyl sites for hydroxylation is 1. The predicted octanol–water partition coefficient (Wildman–Crippen LogP) is 4.08. The summed E-state index contributed by atoms with van der Waals surface area (Å²) >= 11 is 6.12. The van der Waals surface area contributed by atoms with Gasteiger partial charge in [0.2, 0.25) is 0 Å². The fourth-order valence-corrected chi connectivity index (χ4v) is 2.77. The highest BCUT2D eigenvalue weighted by Gasteiger charge is 2.30. The second kappa shape index (κ2) is 6.84. The number of alkyl halides is 5. The molecule has 0 radical (unpaired) electrons. The van der Waals surface area contributed by atoms with Gasteiger partial charge in [-0.15, -0.1) is 11.3 Å². The van der Waals surface area contributed by atoms with Crippen LogP contribution >= 0.6 is 22.9 Å². The van der Waals surface area contributed by atoms with Gasteiger partial charge >= 0.3 is 6.18 Å². The molecule has 0 fully saturated rings. The van der Waals surface area contributed by atoms with Crippen molar-refractivity contribution in [3.63, 3.8) is 0 Å². The van der Waals surface area contributed by atoms with Crippen molar-refractivity contribution in [3.8, 4) is 5.69 Å². The zero-order valence-electron chi connectivity index (χ0n) is 11.8. The van der Waals surface area contributed by atoms with Gasteiger partial charge in [-0.25, -0.2) is 4.39 Å². The molecule has 1 aromatic carbocycles. The van der Waals surface area contributed by atoms with Crippen LogP contribution in [0.1, 0.15) is 17.4 Å². The van der Waals surface area contributed by atoms with Crippen molar-refractivity contribution in [1.29, 1.82) is 0 Å². The molecular formula is C14H11ClF4N2OS. The first kappa shape index (κ1) is 17.7. The molecule has 23 heavy (non-hydrogen) atoms. The van der Waals surface area contributed by atoms with Gasteiger partial charge in [0.15, 0.2) is 4.80 Å². The average Bonchev–Trinajstić information content (AvgIpc) is 2.89. The van der Waals surface area contributed by atoms with Gasteiger partial charge in [-0.1, -0.05) is 24.6 Å². The molecule has 0 saturated carbocycles. The maximum Gasteiger partial charge on any atom is 0.416 e. The van der Waals surface area contributed by atoms with Crippen LogP contribution in [0, 0.1) is 0 Å². The second-order valence-corrected chi connectivity index (χ2v) is 5.98. The first-order chi connectivity index (χ1) is 10.7. The number of benzene rings is 1. The number of hydrogen-bond donors (Lipinski definition) is 0. The summed E-state index contributed by atoms with van der Waals surface area (Å²) in [6, 6.07) is 4.57. The van der Waals surface area contributed by atoms with Crippen molar-refractivity contribution in [2.45, 2.75) is 25.2 Å². The number of thiazole rings is 1. The fraction of sp³-hybridized carbons (Fsp3) is 0.286. The Labute approximate surface area is 137 Å². The van der Waals surface area contributed by atoms with E-state index in [2.05, 4.69) is 4.99 Å². The summed E-state index contributed by atoms with van der Waals surface area (Å²) in [5, 5.41) is 0. The van der Waals surface area contributed by atoms with E-state index in [1.165, 1.54) is 16.7 Å². The van der Waals surface area contributed by atoms with E-state index >= 15 is 0 Å². The molecule has 124 valence electrons. The van der Waals surface area contributed by atoms with E-state index in [4.69, 9.17) is 11.6 Å². The van der Waals surface area contributed by atoms with E-state index in [1.807, 2.05) is 6.92 Å². The van der Waals surface area contributed by atoms with Gasteiger partial charge in [-0.2, -0.15) is 18.2 Å². The van der Waals surface area contributed by atoms with Crippen molar-refractivity contribution in [1.82, 2.24) is 4.57 Å². The lowest BCUT2D eigenvalue weighted by atomic mass is 10.2. The molecule has 2 rings (SSSR count). The molecule has 9 heteroatoms. The summed E-state index contributed by atoms with van der Waals surface area (Å²) in [6.45, 7) is 1.84. The number of nitrogens with zero attached hydrogens (tertiary/aromatic N) is 2. The highest BCUT2D eigenvalue weighted by molar-refractivity contribution is 7.09. The van der Waals surface area contributed by atoms with Gasteiger partial charge in [0, 0.05) is 16.8 Å². The Balaban J connectivity index is 2.60. The molecule has 1 unspecified atom stereocenters. The van der Waals surface area contributed by atoms with Gasteiger partial charge in [0.05, 0.1) is 5.56 Å². The van der Waals surface area contributed by atoms with Crippen LogP contribution in [0.5, 0.6) is 0 Å². The number of rotatable bonds is 3. The minimum atomic E-state index is -4.49. The van der Waals surface area contributed by atoms with Crippen LogP contribution in [0.4, 0.5) is 17.6 Å². The molecule has 1 atom stereocenters. The zero-order chi connectivity index (χ0) is 17.2.